The minimum Gasteiger partial charge on any atom is -0.333 e. The van der Waals surface area contributed by atoms with Crippen LogP contribution in [0.25, 0.3) is 0 Å². The predicted molar refractivity (Wildman–Crippen MR) is 80.2 cm³/mol. The zero-order chi connectivity index (χ0) is 14.4. The standard InChI is InChI=1S/C17H20N2O/c1-3-9-16(20)19(2)17(14-10-5-4-6-11-14)15-12-7-8-13-18-15/h4-8,10-13,17H,3,9H2,1-2H3/t17-/m1/s1. The number of hydrogen-bond acceptors (Lipinski definition) is 2. The fourth-order valence-electron chi connectivity index (χ4n) is 2.30. The highest BCUT2D eigenvalue weighted by Gasteiger charge is 2.23. The normalized spacial score (nSPS) is 11.9. The van der Waals surface area contributed by atoms with Gasteiger partial charge in [-0.15, -0.1) is 0 Å². The van der Waals surface area contributed by atoms with Crippen molar-refractivity contribution in [3.05, 3.63) is 66.0 Å². The maximum Gasteiger partial charge on any atom is 0.223 e. The summed E-state index contributed by atoms with van der Waals surface area (Å²) >= 11 is 0. The summed E-state index contributed by atoms with van der Waals surface area (Å²) in [5.74, 6) is 0.145. The first-order valence-corrected chi connectivity index (χ1v) is 6.95. The van der Waals surface area contributed by atoms with Gasteiger partial charge >= 0.3 is 0 Å². The summed E-state index contributed by atoms with van der Waals surface area (Å²) in [7, 11) is 1.85. The van der Waals surface area contributed by atoms with Crippen molar-refractivity contribution in [2.45, 2.75) is 25.8 Å². The topological polar surface area (TPSA) is 33.2 Å². The van der Waals surface area contributed by atoms with Crippen molar-refractivity contribution in [1.29, 1.82) is 0 Å². The molecule has 1 aromatic heterocycles. The van der Waals surface area contributed by atoms with E-state index in [1.165, 1.54) is 0 Å². The lowest BCUT2D eigenvalue weighted by Gasteiger charge is -2.28. The van der Waals surface area contributed by atoms with Crippen LogP contribution in [-0.4, -0.2) is 22.8 Å². The Hall–Kier alpha value is -2.16. The van der Waals surface area contributed by atoms with Crippen LogP contribution in [0.2, 0.25) is 0 Å². The second-order valence-corrected chi connectivity index (χ2v) is 4.82. The summed E-state index contributed by atoms with van der Waals surface area (Å²) < 4.78 is 0. The zero-order valence-corrected chi connectivity index (χ0v) is 12.0. The number of hydrogen-bond donors (Lipinski definition) is 0. The van der Waals surface area contributed by atoms with Crippen molar-refractivity contribution in [3.63, 3.8) is 0 Å². The predicted octanol–water partition coefficient (Wildman–Crippen LogP) is 3.43. The van der Waals surface area contributed by atoms with Crippen molar-refractivity contribution >= 4 is 5.91 Å². The number of amides is 1. The lowest BCUT2D eigenvalue weighted by molar-refractivity contribution is -0.131. The van der Waals surface area contributed by atoms with Crippen LogP contribution < -0.4 is 0 Å². The number of benzene rings is 1. The molecule has 20 heavy (non-hydrogen) atoms. The smallest absolute Gasteiger partial charge is 0.223 e. The van der Waals surface area contributed by atoms with Gasteiger partial charge in [-0.2, -0.15) is 0 Å². The van der Waals surface area contributed by atoms with Crippen LogP contribution in [-0.2, 0) is 4.79 Å². The lowest BCUT2D eigenvalue weighted by Crippen LogP contribution is -2.32. The van der Waals surface area contributed by atoms with Crippen molar-refractivity contribution in [3.8, 4) is 0 Å². The molecule has 3 nitrogen and oxygen atoms in total. The molecule has 1 amide bonds. The van der Waals surface area contributed by atoms with E-state index < -0.39 is 0 Å². The highest BCUT2D eigenvalue weighted by molar-refractivity contribution is 5.76. The number of carbonyl (C=O) groups excluding carboxylic acids is 1. The molecule has 1 heterocycles. The number of rotatable bonds is 5. The molecule has 0 saturated carbocycles. The van der Waals surface area contributed by atoms with Crippen molar-refractivity contribution in [1.82, 2.24) is 9.88 Å². The Morgan fingerprint density at radius 1 is 1.15 bits per heavy atom. The molecule has 0 unspecified atom stereocenters. The molecule has 0 spiro atoms. The second kappa shape index (κ2) is 6.85. The lowest BCUT2D eigenvalue weighted by atomic mass is 10.0. The molecule has 2 aromatic rings. The quantitative estimate of drug-likeness (QED) is 0.832. The van der Waals surface area contributed by atoms with Crippen LogP contribution in [0.4, 0.5) is 0 Å². The van der Waals surface area contributed by atoms with E-state index in [1.807, 2.05) is 62.5 Å². The maximum absolute atomic E-state index is 12.2. The molecule has 104 valence electrons. The van der Waals surface area contributed by atoms with E-state index in [4.69, 9.17) is 0 Å². The monoisotopic (exact) mass is 268 g/mol. The van der Waals surface area contributed by atoms with E-state index in [0.29, 0.717) is 6.42 Å². The maximum atomic E-state index is 12.2. The first-order valence-electron chi connectivity index (χ1n) is 6.95. The van der Waals surface area contributed by atoms with E-state index in [2.05, 4.69) is 4.98 Å². The van der Waals surface area contributed by atoms with Crippen LogP contribution in [0.15, 0.2) is 54.7 Å². The first kappa shape index (κ1) is 14.3. The van der Waals surface area contributed by atoms with Gasteiger partial charge in [0.1, 0.15) is 0 Å². The zero-order valence-electron chi connectivity index (χ0n) is 12.0. The fourth-order valence-corrected chi connectivity index (χ4v) is 2.30. The first-order chi connectivity index (χ1) is 9.74. The van der Waals surface area contributed by atoms with Gasteiger partial charge in [-0.3, -0.25) is 9.78 Å². The summed E-state index contributed by atoms with van der Waals surface area (Å²) in [6.07, 6.45) is 3.18. The van der Waals surface area contributed by atoms with E-state index in [1.54, 1.807) is 11.1 Å². The van der Waals surface area contributed by atoms with Gasteiger partial charge in [0, 0.05) is 19.7 Å². The fraction of sp³-hybridized carbons (Fsp3) is 0.294. The molecular formula is C17H20N2O. The largest absolute Gasteiger partial charge is 0.333 e. The summed E-state index contributed by atoms with van der Waals surface area (Å²) in [6, 6.07) is 15.7. The Balaban J connectivity index is 2.37. The molecule has 0 bridgehead atoms. The summed E-state index contributed by atoms with van der Waals surface area (Å²) in [4.78, 5) is 18.4. The Labute approximate surface area is 120 Å². The molecule has 1 atom stereocenters. The number of pyridine rings is 1. The average Bonchev–Trinajstić information content (AvgIpc) is 2.50. The Morgan fingerprint density at radius 3 is 2.45 bits per heavy atom. The summed E-state index contributed by atoms with van der Waals surface area (Å²) in [5.41, 5.74) is 1.98. The highest BCUT2D eigenvalue weighted by atomic mass is 16.2. The van der Waals surface area contributed by atoms with Crippen molar-refractivity contribution in [2.75, 3.05) is 7.05 Å². The molecule has 1 aromatic carbocycles. The molecule has 0 radical (unpaired) electrons. The van der Waals surface area contributed by atoms with Gasteiger partial charge in [0.25, 0.3) is 0 Å². The van der Waals surface area contributed by atoms with Gasteiger partial charge in [0.15, 0.2) is 0 Å². The van der Waals surface area contributed by atoms with Crippen LogP contribution in [0.3, 0.4) is 0 Å². The molecule has 0 aliphatic rings. The number of carbonyl (C=O) groups is 1. The minimum absolute atomic E-state index is 0.128. The average molecular weight is 268 g/mol. The Morgan fingerprint density at radius 2 is 1.85 bits per heavy atom. The van der Waals surface area contributed by atoms with Gasteiger partial charge in [-0.05, 0) is 24.1 Å². The third-order valence-electron chi connectivity index (χ3n) is 3.33. The third-order valence-corrected chi connectivity index (χ3v) is 3.33. The van der Waals surface area contributed by atoms with Gasteiger partial charge in [-0.25, -0.2) is 0 Å². The van der Waals surface area contributed by atoms with Gasteiger partial charge in [-0.1, -0.05) is 43.3 Å². The van der Waals surface area contributed by atoms with Gasteiger partial charge < -0.3 is 4.90 Å². The van der Waals surface area contributed by atoms with Crippen LogP contribution in [0.5, 0.6) is 0 Å². The molecular weight excluding hydrogens is 248 g/mol. The summed E-state index contributed by atoms with van der Waals surface area (Å²) in [5, 5.41) is 0. The Bertz CT molecular complexity index is 500. The van der Waals surface area contributed by atoms with Gasteiger partial charge in [0.05, 0.1) is 11.7 Å². The third kappa shape index (κ3) is 3.23. The molecule has 0 fully saturated rings. The van der Waals surface area contributed by atoms with E-state index in [0.717, 1.165) is 17.7 Å². The Kier molecular flexibility index (Phi) is 4.88. The van der Waals surface area contributed by atoms with Crippen molar-refractivity contribution in [2.24, 2.45) is 0 Å². The van der Waals surface area contributed by atoms with Crippen LogP contribution >= 0.6 is 0 Å². The highest BCUT2D eigenvalue weighted by Crippen LogP contribution is 2.26. The summed E-state index contributed by atoms with van der Waals surface area (Å²) in [6.45, 7) is 2.02. The molecule has 0 N–H and O–H groups in total. The number of nitrogens with zero attached hydrogens (tertiary/aromatic N) is 2. The molecule has 2 rings (SSSR count). The molecule has 3 heteroatoms. The van der Waals surface area contributed by atoms with Crippen LogP contribution in [0.1, 0.15) is 37.1 Å². The van der Waals surface area contributed by atoms with Gasteiger partial charge in [0.2, 0.25) is 5.91 Å². The molecule has 0 saturated heterocycles. The SMILES string of the molecule is CCCC(=O)N(C)[C@H](c1ccccc1)c1ccccn1. The van der Waals surface area contributed by atoms with E-state index in [-0.39, 0.29) is 11.9 Å². The van der Waals surface area contributed by atoms with E-state index in [9.17, 15) is 4.79 Å². The second-order valence-electron chi connectivity index (χ2n) is 4.82. The molecule has 0 aliphatic carbocycles. The van der Waals surface area contributed by atoms with Crippen LogP contribution in [0, 0.1) is 0 Å². The van der Waals surface area contributed by atoms with E-state index >= 15 is 0 Å². The number of aromatic nitrogens is 1. The van der Waals surface area contributed by atoms with Crippen molar-refractivity contribution < 1.29 is 4.79 Å². The minimum atomic E-state index is -0.128. The molecule has 0 aliphatic heterocycles.